The number of fused-ring (bicyclic) bond motifs is 1. The Morgan fingerprint density at radius 1 is 1.00 bits per heavy atom. The SMILES string of the molecule is CC1(C)C2=C(C(=O)[C@@H]1O)[C@](C)(O)[C@@H]1CC[C@@H]3[C@@H](O)[C@@]1(C[C@H]2O)C[C@@]3(C)O. The van der Waals surface area contributed by atoms with E-state index >= 15 is 0 Å². The van der Waals surface area contributed by atoms with Gasteiger partial charge < -0.3 is 25.5 Å². The highest BCUT2D eigenvalue weighted by molar-refractivity contribution is 6.05. The van der Waals surface area contributed by atoms with Crippen molar-refractivity contribution in [3.63, 3.8) is 0 Å². The Morgan fingerprint density at radius 2 is 1.62 bits per heavy atom. The molecule has 5 N–H and O–H groups in total. The molecule has 2 bridgehead atoms. The van der Waals surface area contributed by atoms with Crippen molar-refractivity contribution < 1.29 is 30.3 Å². The highest BCUT2D eigenvalue weighted by Gasteiger charge is 2.70. The summed E-state index contributed by atoms with van der Waals surface area (Å²) in [5, 5.41) is 55.1. The Balaban J connectivity index is 1.92. The van der Waals surface area contributed by atoms with Crippen LogP contribution in [0.2, 0.25) is 0 Å². The van der Waals surface area contributed by atoms with E-state index < -0.39 is 52.0 Å². The van der Waals surface area contributed by atoms with Gasteiger partial charge in [0.2, 0.25) is 0 Å². The fourth-order valence-electron chi connectivity index (χ4n) is 7.07. The molecule has 0 aromatic carbocycles. The summed E-state index contributed by atoms with van der Waals surface area (Å²) in [4.78, 5) is 12.9. The van der Waals surface area contributed by atoms with Gasteiger partial charge in [-0.25, -0.2) is 0 Å². The zero-order valence-corrected chi connectivity index (χ0v) is 15.9. The predicted octanol–water partition coefficient (Wildman–Crippen LogP) is 0.297. The minimum atomic E-state index is -1.58. The maximum atomic E-state index is 12.9. The monoisotopic (exact) mass is 366 g/mol. The number of carbonyl (C=O) groups excluding carboxylic acids is 1. The smallest absolute Gasteiger partial charge is 0.191 e. The summed E-state index contributed by atoms with van der Waals surface area (Å²) in [6.07, 6.45) is -1.64. The van der Waals surface area contributed by atoms with E-state index in [4.69, 9.17) is 0 Å². The molecule has 0 heterocycles. The molecular weight excluding hydrogens is 336 g/mol. The number of Topliss-reactive ketones (excluding diaryl/α,β-unsaturated/α-hetero) is 1. The average Bonchev–Trinajstić information content (AvgIpc) is 2.70. The lowest BCUT2D eigenvalue weighted by Crippen LogP contribution is -2.54. The van der Waals surface area contributed by atoms with Gasteiger partial charge in [-0.05, 0) is 45.1 Å². The summed E-state index contributed by atoms with van der Waals surface area (Å²) >= 11 is 0. The van der Waals surface area contributed by atoms with Crippen LogP contribution >= 0.6 is 0 Å². The van der Waals surface area contributed by atoms with Crippen molar-refractivity contribution in [3.05, 3.63) is 11.1 Å². The van der Waals surface area contributed by atoms with Crippen LogP contribution in [0.15, 0.2) is 11.1 Å². The average molecular weight is 366 g/mol. The first kappa shape index (κ1) is 18.6. The van der Waals surface area contributed by atoms with E-state index in [-0.39, 0.29) is 24.3 Å². The first-order valence-corrected chi connectivity index (χ1v) is 9.57. The van der Waals surface area contributed by atoms with Crippen LogP contribution in [0.1, 0.15) is 53.4 Å². The molecular formula is C20H30O6. The van der Waals surface area contributed by atoms with Crippen molar-refractivity contribution in [2.45, 2.75) is 82.9 Å². The summed E-state index contributed by atoms with van der Waals surface area (Å²) in [6.45, 7) is 6.69. The van der Waals surface area contributed by atoms with E-state index in [0.29, 0.717) is 18.4 Å². The zero-order chi connectivity index (χ0) is 19.4. The number of hydrogen-bond acceptors (Lipinski definition) is 6. The lowest BCUT2D eigenvalue weighted by molar-refractivity contribution is -0.140. The lowest BCUT2D eigenvalue weighted by atomic mass is 9.58. The van der Waals surface area contributed by atoms with Crippen molar-refractivity contribution in [1.82, 2.24) is 0 Å². The van der Waals surface area contributed by atoms with Gasteiger partial charge in [0, 0.05) is 28.2 Å². The van der Waals surface area contributed by atoms with Crippen LogP contribution in [0.25, 0.3) is 0 Å². The molecule has 8 atom stereocenters. The molecule has 2 saturated carbocycles. The van der Waals surface area contributed by atoms with E-state index in [1.807, 2.05) is 0 Å². The van der Waals surface area contributed by atoms with Crippen LogP contribution in [0.5, 0.6) is 0 Å². The highest BCUT2D eigenvalue weighted by Crippen LogP contribution is 2.67. The molecule has 146 valence electrons. The van der Waals surface area contributed by atoms with E-state index in [1.54, 1.807) is 27.7 Å². The lowest BCUT2D eigenvalue weighted by Gasteiger charge is -2.50. The minimum Gasteiger partial charge on any atom is -0.392 e. The molecule has 0 amide bonds. The van der Waals surface area contributed by atoms with Gasteiger partial charge in [-0.1, -0.05) is 13.8 Å². The second-order valence-electron chi connectivity index (χ2n) is 10.1. The van der Waals surface area contributed by atoms with Crippen LogP contribution in [0, 0.1) is 22.7 Å². The maximum Gasteiger partial charge on any atom is 0.191 e. The summed E-state index contributed by atoms with van der Waals surface area (Å²) in [7, 11) is 0. The Labute approximate surface area is 153 Å². The zero-order valence-electron chi connectivity index (χ0n) is 15.9. The first-order valence-electron chi connectivity index (χ1n) is 9.57. The van der Waals surface area contributed by atoms with Gasteiger partial charge >= 0.3 is 0 Å². The number of hydrogen-bond donors (Lipinski definition) is 5. The molecule has 2 fully saturated rings. The second-order valence-corrected chi connectivity index (χ2v) is 10.1. The van der Waals surface area contributed by atoms with Gasteiger partial charge in [0.15, 0.2) is 5.78 Å². The fraction of sp³-hybridized carbons (Fsp3) is 0.850. The molecule has 0 aliphatic heterocycles. The van der Waals surface area contributed by atoms with E-state index in [9.17, 15) is 30.3 Å². The van der Waals surface area contributed by atoms with Crippen LogP contribution in [0.4, 0.5) is 0 Å². The standard InChI is InChI=1S/C20H30O6/c1-17(2)12-10(21)7-20-8-18(3,25)9(15(20)23)5-6-11(20)19(4,26)13(12)14(22)16(17)24/h9-11,15-16,21,23-26H,5-8H2,1-4H3/t9-,10-,11+,15-,16+,18-,19-,20+/m1/s1. The van der Waals surface area contributed by atoms with E-state index in [1.165, 1.54) is 0 Å². The summed E-state index contributed by atoms with van der Waals surface area (Å²) in [6, 6.07) is 0. The molecule has 4 aliphatic rings. The molecule has 6 heteroatoms. The van der Waals surface area contributed by atoms with Gasteiger partial charge in [0.1, 0.15) is 6.10 Å². The normalized spacial score (nSPS) is 55.6. The van der Waals surface area contributed by atoms with E-state index in [0.717, 1.165) is 0 Å². The van der Waals surface area contributed by atoms with Crippen LogP contribution in [0.3, 0.4) is 0 Å². The molecule has 0 saturated heterocycles. The van der Waals surface area contributed by atoms with Crippen LogP contribution < -0.4 is 0 Å². The Morgan fingerprint density at radius 3 is 2.23 bits per heavy atom. The predicted molar refractivity (Wildman–Crippen MR) is 93.0 cm³/mol. The molecule has 0 unspecified atom stereocenters. The molecule has 0 aromatic heterocycles. The molecule has 6 nitrogen and oxygen atoms in total. The van der Waals surface area contributed by atoms with Gasteiger partial charge in [0.25, 0.3) is 0 Å². The minimum absolute atomic E-state index is 0.113. The molecule has 0 aromatic rings. The van der Waals surface area contributed by atoms with Crippen molar-refractivity contribution in [3.8, 4) is 0 Å². The van der Waals surface area contributed by atoms with E-state index in [2.05, 4.69) is 0 Å². The Bertz CT molecular complexity index is 705. The third-order valence-corrected chi connectivity index (χ3v) is 8.15. The Hall–Kier alpha value is -0.790. The molecule has 0 radical (unpaired) electrons. The number of aliphatic hydroxyl groups is 5. The fourth-order valence-corrected chi connectivity index (χ4v) is 7.07. The largest absolute Gasteiger partial charge is 0.392 e. The summed E-state index contributed by atoms with van der Waals surface area (Å²) in [5.41, 5.74) is -3.99. The number of ketones is 1. The van der Waals surface area contributed by atoms with Crippen molar-refractivity contribution >= 4 is 5.78 Å². The topological polar surface area (TPSA) is 118 Å². The van der Waals surface area contributed by atoms with Crippen molar-refractivity contribution in [2.24, 2.45) is 22.7 Å². The van der Waals surface area contributed by atoms with Crippen LogP contribution in [-0.4, -0.2) is 60.8 Å². The number of rotatable bonds is 0. The van der Waals surface area contributed by atoms with Gasteiger partial charge in [-0.2, -0.15) is 0 Å². The van der Waals surface area contributed by atoms with Gasteiger partial charge in [-0.3, -0.25) is 4.79 Å². The van der Waals surface area contributed by atoms with Gasteiger partial charge in [0.05, 0.1) is 23.4 Å². The third kappa shape index (κ3) is 1.92. The van der Waals surface area contributed by atoms with Crippen molar-refractivity contribution in [2.75, 3.05) is 0 Å². The molecule has 4 aliphatic carbocycles. The Kier molecular flexibility index (Phi) is 3.55. The van der Waals surface area contributed by atoms with Gasteiger partial charge in [-0.15, -0.1) is 0 Å². The van der Waals surface area contributed by atoms with Crippen LogP contribution in [-0.2, 0) is 4.79 Å². The first-order chi connectivity index (χ1) is 11.8. The quantitative estimate of drug-likeness (QED) is 0.421. The molecule has 4 rings (SSSR count). The molecule has 26 heavy (non-hydrogen) atoms. The highest BCUT2D eigenvalue weighted by atomic mass is 16.3. The van der Waals surface area contributed by atoms with Crippen molar-refractivity contribution in [1.29, 1.82) is 0 Å². The number of aliphatic hydroxyl groups excluding tert-OH is 3. The summed E-state index contributed by atoms with van der Waals surface area (Å²) in [5.74, 6) is -1.31. The second kappa shape index (κ2) is 4.97. The third-order valence-electron chi connectivity index (χ3n) is 8.15. The summed E-state index contributed by atoms with van der Waals surface area (Å²) < 4.78 is 0. The maximum absolute atomic E-state index is 12.9. The number of carbonyl (C=O) groups is 1. The molecule has 1 spiro atoms.